The molecule has 290 valence electrons. The number of furan rings is 1. The van der Waals surface area contributed by atoms with Crippen molar-refractivity contribution in [1.29, 1.82) is 0 Å². The monoisotopic (exact) mass is 753 g/mol. The predicted molar refractivity (Wildman–Crippen MR) is 183 cm³/mol. The second-order valence-corrected chi connectivity index (χ2v) is 16.5. The fourth-order valence-corrected chi connectivity index (χ4v) is 9.25. The maximum absolute atomic E-state index is 13.8. The van der Waals surface area contributed by atoms with E-state index in [2.05, 4.69) is 5.32 Å². The van der Waals surface area contributed by atoms with Crippen LogP contribution in [0.1, 0.15) is 80.0 Å². The van der Waals surface area contributed by atoms with E-state index in [-0.39, 0.29) is 36.9 Å². The van der Waals surface area contributed by atoms with Crippen molar-refractivity contribution in [2.24, 2.45) is 17.3 Å². The zero-order valence-electron chi connectivity index (χ0n) is 30.7. The summed E-state index contributed by atoms with van der Waals surface area (Å²) in [5.41, 5.74) is -6.21. The Kier molecular flexibility index (Phi) is 11.4. The Morgan fingerprint density at radius 1 is 1.08 bits per heavy atom. The maximum Gasteiger partial charge on any atom is 0.338 e. The van der Waals surface area contributed by atoms with E-state index in [9.17, 15) is 39.6 Å². The smallest absolute Gasteiger partial charge is 0.338 e. The molecule has 2 saturated heterocycles. The van der Waals surface area contributed by atoms with Gasteiger partial charge in [-0.15, -0.1) is 0 Å². The lowest BCUT2D eigenvalue weighted by molar-refractivity contribution is -0.363. The molecule has 5 N–H and O–H groups in total. The molecule has 1 aromatic rings. The Morgan fingerprint density at radius 2 is 1.77 bits per heavy atom. The predicted octanol–water partition coefficient (Wildman–Crippen LogP) is 2.33. The molecule has 2 aliphatic heterocycles. The lowest BCUT2D eigenvalue weighted by Crippen LogP contribution is -2.80. The van der Waals surface area contributed by atoms with Crippen molar-refractivity contribution < 1.29 is 67.7 Å². The molecule has 11 atom stereocenters. The highest BCUT2D eigenvalue weighted by molar-refractivity contribution is 8.13. The van der Waals surface area contributed by atoms with Crippen LogP contribution in [0.3, 0.4) is 0 Å². The van der Waals surface area contributed by atoms with Gasteiger partial charge in [-0.25, -0.2) is 4.79 Å². The molecule has 0 radical (unpaired) electrons. The summed E-state index contributed by atoms with van der Waals surface area (Å²) in [5.74, 6) is -3.07. The van der Waals surface area contributed by atoms with Gasteiger partial charge >= 0.3 is 17.9 Å². The molecule has 1 amide bonds. The van der Waals surface area contributed by atoms with E-state index in [1.165, 1.54) is 32.2 Å². The van der Waals surface area contributed by atoms with Gasteiger partial charge in [-0.05, 0) is 43.0 Å². The van der Waals surface area contributed by atoms with E-state index in [0.717, 1.165) is 11.8 Å². The van der Waals surface area contributed by atoms with Gasteiger partial charge in [0.05, 0.1) is 37.6 Å². The average Bonchev–Trinajstić information content (AvgIpc) is 3.58. The zero-order chi connectivity index (χ0) is 38.6. The van der Waals surface area contributed by atoms with Crippen LogP contribution in [-0.4, -0.2) is 116 Å². The molecule has 16 heteroatoms. The van der Waals surface area contributed by atoms with Crippen LogP contribution in [0.4, 0.5) is 4.79 Å². The number of esters is 3. The minimum absolute atomic E-state index is 0.0176. The maximum atomic E-state index is 13.8. The van der Waals surface area contributed by atoms with Crippen molar-refractivity contribution in [3.63, 3.8) is 0 Å². The highest BCUT2D eigenvalue weighted by Gasteiger charge is 2.74. The lowest BCUT2D eigenvalue weighted by Gasteiger charge is -2.64. The number of ether oxygens (including phenoxy) is 5. The Hall–Kier alpha value is -2.99. The zero-order valence-corrected chi connectivity index (χ0v) is 31.6. The fourth-order valence-electron chi connectivity index (χ4n) is 8.55. The molecule has 1 saturated carbocycles. The summed E-state index contributed by atoms with van der Waals surface area (Å²) in [4.78, 5) is 51.7. The number of rotatable bonds is 9. The van der Waals surface area contributed by atoms with Crippen LogP contribution in [-0.2, 0) is 38.1 Å². The summed E-state index contributed by atoms with van der Waals surface area (Å²) >= 11 is 0.980. The number of amides is 1. The largest absolute Gasteiger partial charge is 0.467 e. The first-order valence-electron chi connectivity index (χ1n) is 17.5. The average molecular weight is 754 g/mol. The first-order chi connectivity index (χ1) is 24.2. The number of nitrogens with one attached hydrogen (secondary N) is 1. The minimum Gasteiger partial charge on any atom is -0.467 e. The summed E-state index contributed by atoms with van der Waals surface area (Å²) in [6.07, 6.45) is -7.57. The molecule has 52 heavy (non-hydrogen) atoms. The van der Waals surface area contributed by atoms with Crippen LogP contribution >= 0.6 is 11.8 Å². The van der Waals surface area contributed by atoms with Crippen LogP contribution in [0, 0.1) is 17.3 Å². The number of hydrogen-bond donors (Lipinski definition) is 5. The highest BCUT2D eigenvalue weighted by Crippen LogP contribution is 2.60. The van der Waals surface area contributed by atoms with Crippen molar-refractivity contribution in [1.82, 2.24) is 5.32 Å². The van der Waals surface area contributed by atoms with Crippen molar-refractivity contribution in [3.05, 3.63) is 35.3 Å². The van der Waals surface area contributed by atoms with Crippen LogP contribution in [0.15, 0.2) is 34.0 Å². The molecular weight excluding hydrogens is 702 g/mol. The lowest BCUT2D eigenvalue weighted by atomic mass is 9.51. The number of aliphatic hydroxyl groups excluding tert-OH is 3. The second kappa shape index (κ2) is 14.7. The first kappa shape index (κ1) is 40.2. The molecule has 0 aromatic carbocycles. The van der Waals surface area contributed by atoms with Crippen molar-refractivity contribution in [3.8, 4) is 0 Å². The van der Waals surface area contributed by atoms with Gasteiger partial charge in [0.15, 0.2) is 11.7 Å². The molecule has 2 aliphatic carbocycles. The SMILES string of the molecule is CC(=O)O[C@H]1CO[C@]2(C)[C@@H](O)C[C@H]3OC[C@@]3(OC(C)=O)[C@H]2[C@H](O)[C@]2(O)C[C@H](OC(=O)[C@H](O)[C@@H](NC(=O)SCC(C)C)c3ccco3)C(C)=C1C2(C)C. The van der Waals surface area contributed by atoms with E-state index in [0.29, 0.717) is 11.3 Å². The van der Waals surface area contributed by atoms with Gasteiger partial charge in [-0.2, -0.15) is 0 Å². The molecule has 0 unspecified atom stereocenters. The Bertz CT molecular complexity index is 1560. The number of hydrogen-bond acceptors (Lipinski definition) is 15. The molecule has 3 heterocycles. The highest BCUT2D eigenvalue weighted by atomic mass is 32.2. The summed E-state index contributed by atoms with van der Waals surface area (Å²) < 4.78 is 35.2. The van der Waals surface area contributed by atoms with Crippen LogP contribution in [0.2, 0.25) is 0 Å². The molecule has 15 nitrogen and oxygen atoms in total. The molecule has 3 fully saturated rings. The van der Waals surface area contributed by atoms with E-state index in [4.69, 9.17) is 28.1 Å². The number of thioether (sulfide) groups is 1. The van der Waals surface area contributed by atoms with Crippen molar-refractivity contribution in [2.75, 3.05) is 19.0 Å². The number of fused-ring (bicyclic) bond motifs is 5. The summed E-state index contributed by atoms with van der Waals surface area (Å²) in [7, 11) is 0. The molecule has 2 bridgehead atoms. The molecule has 5 rings (SSSR count). The van der Waals surface area contributed by atoms with Crippen LogP contribution < -0.4 is 5.32 Å². The third-order valence-corrected chi connectivity index (χ3v) is 12.5. The van der Waals surface area contributed by atoms with Crippen LogP contribution in [0.5, 0.6) is 0 Å². The topological polar surface area (TPSA) is 221 Å². The minimum atomic E-state index is -2.23. The number of carbonyl (C=O) groups is 4. The van der Waals surface area contributed by atoms with E-state index in [1.54, 1.807) is 27.7 Å². The van der Waals surface area contributed by atoms with E-state index >= 15 is 0 Å². The van der Waals surface area contributed by atoms with Gasteiger partial charge in [-0.3, -0.25) is 14.4 Å². The van der Waals surface area contributed by atoms with Crippen molar-refractivity contribution >= 4 is 34.9 Å². The third-order valence-electron chi connectivity index (χ3n) is 11.3. The molecule has 4 aliphatic rings. The third kappa shape index (κ3) is 6.91. The Labute approximate surface area is 306 Å². The number of carbonyl (C=O) groups excluding carboxylic acids is 4. The standard InChI is InChI=1S/C36H51NO14S/c1-17(2)15-52-32(44)37-27(21-10-9-11-46-21)28(41)31(43)50-22-13-36(45)30(42)29-34(8,24(40)12-25-35(29,16-47-25)51-20(5)39)48-14-23(49-19(4)38)26(18(22)3)33(36,6)7/h9-11,17,22-25,27-30,40-42,45H,12-16H2,1-8H3,(H,37,44)/t22-,23-,24-,25+,27-,28+,29-,30-,34+,35-,36+/m0/s1. The second-order valence-electron chi connectivity index (χ2n) is 15.5. The molecule has 1 aromatic heterocycles. The molecule has 0 spiro atoms. The first-order valence-corrected chi connectivity index (χ1v) is 18.4. The number of aliphatic hydroxyl groups is 4. The Morgan fingerprint density at radius 3 is 2.33 bits per heavy atom. The molecular formula is C36H51NO14S. The van der Waals surface area contributed by atoms with Gasteiger partial charge in [0.1, 0.15) is 41.3 Å². The van der Waals surface area contributed by atoms with Crippen molar-refractivity contribution in [2.45, 2.75) is 128 Å². The van der Waals surface area contributed by atoms with Gasteiger partial charge in [0, 0.05) is 37.9 Å². The fraction of sp³-hybridized carbons (Fsp3) is 0.722. The van der Waals surface area contributed by atoms with E-state index < -0.39 is 100 Å². The summed E-state index contributed by atoms with van der Waals surface area (Å²) in [5, 5.41) is 50.5. The van der Waals surface area contributed by atoms with Gasteiger partial charge in [0.25, 0.3) is 5.24 Å². The van der Waals surface area contributed by atoms with Gasteiger partial charge in [-0.1, -0.05) is 39.5 Å². The van der Waals surface area contributed by atoms with Crippen LogP contribution in [0.25, 0.3) is 0 Å². The van der Waals surface area contributed by atoms with Gasteiger partial charge < -0.3 is 53.8 Å². The Balaban J connectivity index is 1.57. The van der Waals surface area contributed by atoms with Gasteiger partial charge in [0.2, 0.25) is 0 Å². The summed E-state index contributed by atoms with van der Waals surface area (Å²) in [6.45, 7) is 12.2. The van der Waals surface area contributed by atoms with E-state index in [1.807, 2.05) is 13.8 Å². The normalized spacial score (nSPS) is 36.4. The quantitative estimate of drug-likeness (QED) is 0.139. The summed E-state index contributed by atoms with van der Waals surface area (Å²) in [6, 6.07) is 1.68.